The molecule has 2 heteroatoms. The van der Waals surface area contributed by atoms with E-state index in [1.807, 2.05) is 36.6 Å². The van der Waals surface area contributed by atoms with Crippen LogP contribution in [0, 0.1) is 6.92 Å². The van der Waals surface area contributed by atoms with Gasteiger partial charge < -0.3 is 0 Å². The second-order valence-electron chi connectivity index (χ2n) is 4.20. The number of hydrogen-bond donors (Lipinski definition) is 0. The zero-order chi connectivity index (χ0) is 12.1. The predicted molar refractivity (Wildman–Crippen MR) is 72.8 cm³/mol. The summed E-state index contributed by atoms with van der Waals surface area (Å²) in [6, 6.07) is 12.3. The van der Waals surface area contributed by atoms with Crippen molar-refractivity contribution in [2.75, 3.05) is 0 Å². The molecule has 1 aromatic heterocycles. The Morgan fingerprint density at radius 2 is 1.94 bits per heavy atom. The van der Waals surface area contributed by atoms with Crippen molar-refractivity contribution in [3.05, 3.63) is 57.8 Å². The van der Waals surface area contributed by atoms with Crippen molar-refractivity contribution in [2.24, 2.45) is 0 Å². The zero-order valence-corrected chi connectivity index (χ0v) is 10.8. The molecular weight excluding hydrogens is 228 g/mol. The van der Waals surface area contributed by atoms with Crippen LogP contribution in [-0.2, 0) is 6.42 Å². The van der Waals surface area contributed by atoms with Crippen molar-refractivity contribution < 1.29 is 4.79 Å². The molecule has 0 bridgehead atoms. The van der Waals surface area contributed by atoms with Gasteiger partial charge in [0.05, 0.1) is 4.88 Å². The van der Waals surface area contributed by atoms with Crippen molar-refractivity contribution in [3.63, 3.8) is 0 Å². The van der Waals surface area contributed by atoms with E-state index in [0.29, 0.717) is 6.42 Å². The maximum Gasteiger partial charge on any atom is 0.173 e. The van der Waals surface area contributed by atoms with E-state index in [9.17, 15) is 4.79 Å². The molecule has 0 aliphatic heterocycles. The van der Waals surface area contributed by atoms with E-state index in [1.54, 1.807) is 11.3 Å². The van der Waals surface area contributed by atoms with Crippen molar-refractivity contribution >= 4 is 17.1 Å². The molecule has 0 unspecified atom stereocenters. The van der Waals surface area contributed by atoms with Crippen LogP contribution in [0.15, 0.2) is 41.8 Å². The number of benzene rings is 1. The molecule has 0 saturated heterocycles. The summed E-state index contributed by atoms with van der Waals surface area (Å²) >= 11 is 1.55. The van der Waals surface area contributed by atoms with Gasteiger partial charge >= 0.3 is 0 Å². The summed E-state index contributed by atoms with van der Waals surface area (Å²) in [6.45, 7) is 2.00. The Bertz CT molecular complexity index is 485. The van der Waals surface area contributed by atoms with E-state index in [1.165, 1.54) is 5.56 Å². The van der Waals surface area contributed by atoms with Gasteiger partial charge in [-0.2, -0.15) is 0 Å². The quantitative estimate of drug-likeness (QED) is 0.718. The lowest BCUT2D eigenvalue weighted by atomic mass is 10.1. The number of rotatable bonds is 5. The van der Waals surface area contributed by atoms with Crippen LogP contribution in [0.3, 0.4) is 0 Å². The molecule has 2 aromatic rings. The number of ketones is 1. The number of carbonyl (C=O) groups is 1. The van der Waals surface area contributed by atoms with Crippen LogP contribution in [-0.4, -0.2) is 5.78 Å². The van der Waals surface area contributed by atoms with Crippen LogP contribution in [0.25, 0.3) is 0 Å². The molecule has 0 N–H and O–H groups in total. The summed E-state index contributed by atoms with van der Waals surface area (Å²) in [6.07, 6.45) is 2.56. The third-order valence-electron chi connectivity index (χ3n) is 2.83. The third kappa shape index (κ3) is 3.27. The Kier molecular flexibility index (Phi) is 4.10. The molecule has 0 radical (unpaired) electrons. The van der Waals surface area contributed by atoms with Crippen molar-refractivity contribution in [1.29, 1.82) is 0 Å². The third-order valence-corrected chi connectivity index (χ3v) is 3.88. The van der Waals surface area contributed by atoms with E-state index in [-0.39, 0.29) is 5.78 Å². The number of hydrogen-bond acceptors (Lipinski definition) is 2. The van der Waals surface area contributed by atoms with Gasteiger partial charge in [0.25, 0.3) is 0 Å². The topological polar surface area (TPSA) is 17.1 Å². The molecule has 2 rings (SSSR count). The normalized spacial score (nSPS) is 10.4. The molecule has 0 atom stereocenters. The van der Waals surface area contributed by atoms with Crippen molar-refractivity contribution in [1.82, 2.24) is 0 Å². The Balaban J connectivity index is 1.84. The molecule has 0 saturated carbocycles. The minimum atomic E-state index is 0.286. The van der Waals surface area contributed by atoms with Gasteiger partial charge in [-0.1, -0.05) is 30.3 Å². The predicted octanol–water partition coefficient (Wildman–Crippen LogP) is 4.26. The first-order chi connectivity index (χ1) is 8.27. The lowest BCUT2D eigenvalue weighted by Gasteiger charge is -2.01. The molecule has 0 aliphatic rings. The first kappa shape index (κ1) is 12.1. The van der Waals surface area contributed by atoms with Gasteiger partial charge in [-0.25, -0.2) is 0 Å². The van der Waals surface area contributed by atoms with E-state index in [2.05, 4.69) is 12.1 Å². The molecule has 1 nitrogen and oxygen atoms in total. The molecule has 88 valence electrons. The Hall–Kier alpha value is -1.41. The van der Waals surface area contributed by atoms with Gasteiger partial charge in [-0.05, 0) is 42.3 Å². The Morgan fingerprint density at radius 1 is 1.18 bits per heavy atom. The van der Waals surface area contributed by atoms with E-state index < -0.39 is 0 Å². The van der Waals surface area contributed by atoms with Crippen molar-refractivity contribution in [2.45, 2.75) is 26.2 Å². The Labute approximate surface area is 106 Å². The SMILES string of the molecule is Cc1ccsc1C(=O)CCCc1ccccc1. The standard InChI is InChI=1S/C15H16OS/c1-12-10-11-17-15(12)14(16)9-5-8-13-6-3-2-4-7-13/h2-4,6-7,10-11H,5,8-9H2,1H3. The fraction of sp³-hybridized carbons (Fsp3) is 0.267. The fourth-order valence-electron chi connectivity index (χ4n) is 1.87. The van der Waals surface area contributed by atoms with Crippen LogP contribution >= 0.6 is 11.3 Å². The lowest BCUT2D eigenvalue weighted by Crippen LogP contribution is -1.99. The van der Waals surface area contributed by atoms with E-state index >= 15 is 0 Å². The summed E-state index contributed by atoms with van der Waals surface area (Å²) in [5.41, 5.74) is 2.42. The highest BCUT2D eigenvalue weighted by molar-refractivity contribution is 7.12. The summed E-state index contributed by atoms with van der Waals surface area (Å²) in [7, 11) is 0. The Morgan fingerprint density at radius 3 is 2.59 bits per heavy atom. The molecule has 17 heavy (non-hydrogen) atoms. The van der Waals surface area contributed by atoms with Crippen LogP contribution in [0.2, 0.25) is 0 Å². The minimum absolute atomic E-state index is 0.286. The number of thiophene rings is 1. The van der Waals surface area contributed by atoms with Gasteiger partial charge in [0.1, 0.15) is 0 Å². The van der Waals surface area contributed by atoms with Gasteiger partial charge in [0, 0.05) is 6.42 Å². The second-order valence-corrected chi connectivity index (χ2v) is 5.11. The smallest absolute Gasteiger partial charge is 0.173 e. The highest BCUT2D eigenvalue weighted by Crippen LogP contribution is 2.18. The first-order valence-electron chi connectivity index (χ1n) is 5.88. The number of aryl methyl sites for hydroxylation is 2. The minimum Gasteiger partial charge on any atom is -0.293 e. The van der Waals surface area contributed by atoms with E-state index in [0.717, 1.165) is 23.3 Å². The van der Waals surface area contributed by atoms with Gasteiger partial charge in [0.2, 0.25) is 0 Å². The van der Waals surface area contributed by atoms with Crippen LogP contribution < -0.4 is 0 Å². The zero-order valence-electron chi connectivity index (χ0n) is 9.98. The number of carbonyl (C=O) groups excluding carboxylic acids is 1. The van der Waals surface area contributed by atoms with Crippen molar-refractivity contribution in [3.8, 4) is 0 Å². The highest BCUT2D eigenvalue weighted by atomic mass is 32.1. The summed E-state index contributed by atoms with van der Waals surface area (Å²) in [4.78, 5) is 12.9. The average molecular weight is 244 g/mol. The molecule has 1 aromatic carbocycles. The molecular formula is C15H16OS. The van der Waals surface area contributed by atoms with Gasteiger partial charge in [0.15, 0.2) is 5.78 Å². The number of Topliss-reactive ketones (excluding diaryl/α,β-unsaturated/α-hetero) is 1. The maximum atomic E-state index is 11.9. The molecule has 0 spiro atoms. The molecule has 0 fully saturated rings. The van der Waals surface area contributed by atoms with Crippen LogP contribution in [0.4, 0.5) is 0 Å². The summed E-state index contributed by atoms with van der Waals surface area (Å²) < 4.78 is 0. The summed E-state index contributed by atoms with van der Waals surface area (Å²) in [5, 5.41) is 1.99. The first-order valence-corrected chi connectivity index (χ1v) is 6.76. The van der Waals surface area contributed by atoms with E-state index in [4.69, 9.17) is 0 Å². The largest absolute Gasteiger partial charge is 0.293 e. The van der Waals surface area contributed by atoms with Crippen LogP contribution in [0.5, 0.6) is 0 Å². The molecule has 0 amide bonds. The second kappa shape index (κ2) is 5.78. The average Bonchev–Trinajstić information content (AvgIpc) is 2.77. The van der Waals surface area contributed by atoms with Gasteiger partial charge in [-0.3, -0.25) is 4.79 Å². The lowest BCUT2D eigenvalue weighted by molar-refractivity contribution is 0.0983. The highest BCUT2D eigenvalue weighted by Gasteiger charge is 2.09. The molecule has 1 heterocycles. The maximum absolute atomic E-state index is 11.9. The molecule has 0 aliphatic carbocycles. The van der Waals surface area contributed by atoms with Crippen LogP contribution in [0.1, 0.15) is 33.6 Å². The fourth-order valence-corrected chi connectivity index (χ4v) is 2.77. The monoisotopic (exact) mass is 244 g/mol. The summed E-state index contributed by atoms with van der Waals surface area (Å²) in [5.74, 6) is 0.286. The van der Waals surface area contributed by atoms with Gasteiger partial charge in [-0.15, -0.1) is 11.3 Å².